The third-order valence-corrected chi connectivity index (χ3v) is 4.01. The van der Waals surface area contributed by atoms with Crippen LogP contribution in [-0.2, 0) is 14.4 Å². The maximum absolute atomic E-state index is 12.2. The molecular formula is C13H18N2O5. The van der Waals surface area contributed by atoms with E-state index >= 15 is 0 Å². The van der Waals surface area contributed by atoms with E-state index < -0.39 is 29.6 Å². The first-order valence-corrected chi connectivity index (χ1v) is 6.45. The zero-order chi connectivity index (χ0) is 15.1. The topological polar surface area (TPSA) is 107 Å². The summed E-state index contributed by atoms with van der Waals surface area (Å²) in [5, 5.41) is 21.3. The normalized spacial score (nSPS) is 35.5. The Kier molecular flexibility index (Phi) is 3.56. The number of hydrogen-bond donors (Lipinski definition) is 3. The molecule has 0 radical (unpaired) electrons. The van der Waals surface area contributed by atoms with Crippen LogP contribution in [0.3, 0.4) is 0 Å². The van der Waals surface area contributed by atoms with E-state index in [0.29, 0.717) is 6.42 Å². The fourth-order valence-corrected chi connectivity index (χ4v) is 2.73. The molecule has 0 aromatic carbocycles. The summed E-state index contributed by atoms with van der Waals surface area (Å²) in [6.07, 6.45) is 1.16. The molecule has 110 valence electrons. The van der Waals surface area contributed by atoms with Crippen LogP contribution in [0.5, 0.6) is 0 Å². The van der Waals surface area contributed by atoms with E-state index in [-0.39, 0.29) is 24.8 Å². The molecule has 0 aromatic rings. The zero-order valence-electron chi connectivity index (χ0n) is 11.2. The SMILES string of the molecule is C=CC1CC1(NC(=O)[C@@H]1C[C@@H](O)CN1C(C)=O)C(=O)O. The van der Waals surface area contributed by atoms with E-state index in [1.807, 2.05) is 0 Å². The molecule has 7 heteroatoms. The van der Waals surface area contributed by atoms with Crippen LogP contribution in [0.1, 0.15) is 19.8 Å². The van der Waals surface area contributed by atoms with Crippen LogP contribution >= 0.6 is 0 Å². The number of likely N-dealkylation sites (tertiary alicyclic amines) is 1. The highest BCUT2D eigenvalue weighted by molar-refractivity contribution is 5.94. The molecule has 2 aliphatic rings. The van der Waals surface area contributed by atoms with Gasteiger partial charge in [0.2, 0.25) is 11.8 Å². The van der Waals surface area contributed by atoms with Gasteiger partial charge in [0.25, 0.3) is 0 Å². The Morgan fingerprint density at radius 1 is 1.45 bits per heavy atom. The van der Waals surface area contributed by atoms with E-state index in [9.17, 15) is 24.6 Å². The Hall–Kier alpha value is -1.89. The maximum atomic E-state index is 12.2. The van der Waals surface area contributed by atoms with Crippen molar-refractivity contribution in [2.24, 2.45) is 5.92 Å². The van der Waals surface area contributed by atoms with Gasteiger partial charge < -0.3 is 20.4 Å². The molecule has 20 heavy (non-hydrogen) atoms. The van der Waals surface area contributed by atoms with Crippen molar-refractivity contribution in [2.45, 2.75) is 37.5 Å². The van der Waals surface area contributed by atoms with Gasteiger partial charge in [-0.2, -0.15) is 0 Å². The van der Waals surface area contributed by atoms with Gasteiger partial charge in [-0.25, -0.2) is 4.79 Å². The molecule has 2 fully saturated rings. The van der Waals surface area contributed by atoms with Crippen molar-refractivity contribution in [1.82, 2.24) is 10.2 Å². The van der Waals surface area contributed by atoms with Crippen LogP contribution in [0, 0.1) is 5.92 Å². The quantitative estimate of drug-likeness (QED) is 0.580. The molecule has 0 spiro atoms. The molecule has 2 unspecified atom stereocenters. The Morgan fingerprint density at radius 2 is 2.10 bits per heavy atom. The van der Waals surface area contributed by atoms with Crippen LogP contribution in [0.25, 0.3) is 0 Å². The number of nitrogens with one attached hydrogen (secondary N) is 1. The van der Waals surface area contributed by atoms with Crippen molar-refractivity contribution in [3.63, 3.8) is 0 Å². The van der Waals surface area contributed by atoms with Gasteiger partial charge in [0.1, 0.15) is 11.6 Å². The minimum Gasteiger partial charge on any atom is -0.479 e. The van der Waals surface area contributed by atoms with E-state index in [1.165, 1.54) is 17.9 Å². The summed E-state index contributed by atoms with van der Waals surface area (Å²) in [6, 6.07) is -0.815. The highest BCUT2D eigenvalue weighted by Gasteiger charge is 2.61. The number of amides is 2. The molecule has 2 rings (SSSR count). The van der Waals surface area contributed by atoms with Crippen molar-refractivity contribution in [2.75, 3.05) is 6.54 Å². The Balaban J connectivity index is 2.10. The molecule has 1 saturated carbocycles. The van der Waals surface area contributed by atoms with Gasteiger partial charge in [0, 0.05) is 25.8 Å². The molecule has 1 aliphatic carbocycles. The molecular weight excluding hydrogens is 264 g/mol. The molecule has 1 saturated heterocycles. The summed E-state index contributed by atoms with van der Waals surface area (Å²) in [4.78, 5) is 36.2. The van der Waals surface area contributed by atoms with Gasteiger partial charge in [-0.1, -0.05) is 6.08 Å². The summed E-state index contributed by atoms with van der Waals surface area (Å²) in [6.45, 7) is 4.95. The van der Waals surface area contributed by atoms with E-state index in [0.717, 1.165) is 0 Å². The van der Waals surface area contributed by atoms with Crippen LogP contribution in [0.2, 0.25) is 0 Å². The fraction of sp³-hybridized carbons (Fsp3) is 0.615. The summed E-state index contributed by atoms with van der Waals surface area (Å²) in [7, 11) is 0. The van der Waals surface area contributed by atoms with Crippen LogP contribution in [0.15, 0.2) is 12.7 Å². The minimum absolute atomic E-state index is 0.0956. The molecule has 0 aromatic heterocycles. The second-order valence-electron chi connectivity index (χ2n) is 5.39. The predicted molar refractivity (Wildman–Crippen MR) is 68.6 cm³/mol. The first-order valence-electron chi connectivity index (χ1n) is 6.45. The zero-order valence-corrected chi connectivity index (χ0v) is 11.2. The molecule has 1 aliphatic heterocycles. The molecule has 7 nitrogen and oxygen atoms in total. The summed E-state index contributed by atoms with van der Waals surface area (Å²) < 4.78 is 0. The first-order chi connectivity index (χ1) is 9.31. The minimum atomic E-state index is -1.31. The molecule has 2 amide bonds. The Bertz CT molecular complexity index is 477. The van der Waals surface area contributed by atoms with Crippen molar-refractivity contribution in [1.29, 1.82) is 0 Å². The lowest BCUT2D eigenvalue weighted by molar-refractivity contribution is -0.145. The second-order valence-corrected chi connectivity index (χ2v) is 5.39. The Morgan fingerprint density at radius 3 is 2.55 bits per heavy atom. The molecule has 3 N–H and O–H groups in total. The van der Waals surface area contributed by atoms with Crippen molar-refractivity contribution < 1.29 is 24.6 Å². The largest absolute Gasteiger partial charge is 0.479 e. The number of hydrogen-bond acceptors (Lipinski definition) is 4. The molecule has 0 bridgehead atoms. The number of aliphatic hydroxyl groups excluding tert-OH is 1. The van der Waals surface area contributed by atoms with Crippen LogP contribution in [-0.4, -0.2) is 57.1 Å². The van der Waals surface area contributed by atoms with Gasteiger partial charge in [-0.05, 0) is 6.42 Å². The maximum Gasteiger partial charge on any atom is 0.330 e. The summed E-state index contributed by atoms with van der Waals surface area (Å²) in [5.74, 6) is -2.27. The summed E-state index contributed by atoms with van der Waals surface area (Å²) >= 11 is 0. The lowest BCUT2D eigenvalue weighted by atomic mass is 10.1. The van der Waals surface area contributed by atoms with Gasteiger partial charge in [0.15, 0.2) is 0 Å². The first kappa shape index (κ1) is 14.5. The van der Waals surface area contributed by atoms with Crippen LogP contribution in [0.4, 0.5) is 0 Å². The van der Waals surface area contributed by atoms with Crippen molar-refractivity contribution in [3.8, 4) is 0 Å². The third kappa shape index (κ3) is 2.29. The third-order valence-electron chi connectivity index (χ3n) is 4.01. The molecule has 4 atom stereocenters. The smallest absolute Gasteiger partial charge is 0.330 e. The highest BCUT2D eigenvalue weighted by Crippen LogP contribution is 2.44. The average Bonchev–Trinajstić information content (AvgIpc) is 2.94. The fourth-order valence-electron chi connectivity index (χ4n) is 2.73. The van der Waals surface area contributed by atoms with Crippen LogP contribution < -0.4 is 5.32 Å². The van der Waals surface area contributed by atoms with Crippen molar-refractivity contribution in [3.05, 3.63) is 12.7 Å². The van der Waals surface area contributed by atoms with Crippen molar-refractivity contribution >= 4 is 17.8 Å². The number of carbonyl (C=O) groups excluding carboxylic acids is 2. The monoisotopic (exact) mass is 282 g/mol. The average molecular weight is 282 g/mol. The number of β-amino-alcohol motifs (C(OH)–C–C–N with tert-alkyl or cyclic N) is 1. The standard InChI is InChI=1S/C13H18N2O5/c1-3-8-5-13(8,12(19)20)14-11(18)10-4-9(17)6-15(10)7(2)16/h3,8-10,17H,1,4-6H2,2H3,(H,14,18)(H,19,20)/t8?,9-,10+,13?/m1/s1. The highest BCUT2D eigenvalue weighted by atomic mass is 16.4. The summed E-state index contributed by atoms with van der Waals surface area (Å²) in [5.41, 5.74) is -1.31. The van der Waals surface area contributed by atoms with E-state index in [2.05, 4.69) is 11.9 Å². The van der Waals surface area contributed by atoms with Gasteiger partial charge >= 0.3 is 5.97 Å². The number of carbonyl (C=O) groups is 3. The predicted octanol–water partition coefficient (Wildman–Crippen LogP) is -0.886. The number of carboxylic acid groups (broad SMARTS) is 1. The number of carboxylic acids is 1. The van der Waals surface area contributed by atoms with Gasteiger partial charge in [-0.15, -0.1) is 6.58 Å². The molecule has 1 heterocycles. The van der Waals surface area contributed by atoms with E-state index in [1.54, 1.807) is 0 Å². The lowest BCUT2D eigenvalue weighted by Crippen LogP contribution is -2.52. The van der Waals surface area contributed by atoms with Gasteiger partial charge in [0.05, 0.1) is 6.10 Å². The number of nitrogens with zero attached hydrogens (tertiary/aromatic N) is 1. The number of aliphatic hydroxyl groups is 1. The number of rotatable bonds is 4. The number of aliphatic carboxylic acids is 1. The second kappa shape index (κ2) is 4.90. The lowest BCUT2D eigenvalue weighted by Gasteiger charge is -2.24. The van der Waals surface area contributed by atoms with E-state index in [4.69, 9.17) is 0 Å². The Labute approximate surface area is 116 Å². The van der Waals surface area contributed by atoms with Gasteiger partial charge in [-0.3, -0.25) is 9.59 Å².